The highest BCUT2D eigenvalue weighted by molar-refractivity contribution is 5.70. The number of pyridine rings is 1. The molecule has 1 aromatic heterocycles. The fourth-order valence-corrected chi connectivity index (χ4v) is 1.60. The smallest absolute Gasteiger partial charge is 0.307 e. The third-order valence-electron chi connectivity index (χ3n) is 2.53. The SMILES string of the molecule is CCN(CCC(=O)OC)c1ccncc1C. The molecule has 0 aromatic carbocycles. The molecule has 1 aromatic rings. The van der Waals surface area contributed by atoms with Gasteiger partial charge in [-0.2, -0.15) is 0 Å². The van der Waals surface area contributed by atoms with E-state index in [0.29, 0.717) is 13.0 Å². The lowest BCUT2D eigenvalue weighted by atomic mass is 10.2. The summed E-state index contributed by atoms with van der Waals surface area (Å²) in [6.45, 7) is 5.62. The molecule has 0 aliphatic heterocycles. The first kappa shape index (κ1) is 12.5. The van der Waals surface area contributed by atoms with Gasteiger partial charge in [-0.15, -0.1) is 0 Å². The van der Waals surface area contributed by atoms with Gasteiger partial charge in [-0.05, 0) is 25.5 Å². The van der Waals surface area contributed by atoms with Crippen LogP contribution in [-0.2, 0) is 9.53 Å². The van der Waals surface area contributed by atoms with Gasteiger partial charge >= 0.3 is 5.97 Å². The summed E-state index contributed by atoms with van der Waals surface area (Å²) in [7, 11) is 1.41. The Balaban J connectivity index is 2.68. The number of rotatable bonds is 5. The molecule has 0 fully saturated rings. The molecule has 0 bridgehead atoms. The van der Waals surface area contributed by atoms with Crippen LogP contribution in [0.2, 0.25) is 0 Å². The second-order valence-electron chi connectivity index (χ2n) is 3.57. The highest BCUT2D eigenvalue weighted by Crippen LogP contribution is 2.18. The van der Waals surface area contributed by atoms with Crippen molar-refractivity contribution in [3.8, 4) is 0 Å². The Morgan fingerprint density at radius 3 is 2.88 bits per heavy atom. The van der Waals surface area contributed by atoms with Gasteiger partial charge in [0.1, 0.15) is 0 Å². The van der Waals surface area contributed by atoms with E-state index in [2.05, 4.69) is 21.5 Å². The summed E-state index contributed by atoms with van der Waals surface area (Å²) < 4.78 is 4.63. The first-order valence-corrected chi connectivity index (χ1v) is 5.41. The molecule has 0 saturated heterocycles. The van der Waals surface area contributed by atoms with Crippen molar-refractivity contribution in [2.24, 2.45) is 0 Å². The highest BCUT2D eigenvalue weighted by Gasteiger charge is 2.09. The maximum Gasteiger partial charge on any atom is 0.307 e. The van der Waals surface area contributed by atoms with Crippen molar-refractivity contribution in [2.75, 3.05) is 25.1 Å². The summed E-state index contributed by atoms with van der Waals surface area (Å²) in [5, 5.41) is 0. The summed E-state index contributed by atoms with van der Waals surface area (Å²) in [6, 6.07) is 1.97. The fraction of sp³-hybridized carbons (Fsp3) is 0.500. The average molecular weight is 222 g/mol. The molecular weight excluding hydrogens is 204 g/mol. The Morgan fingerprint density at radius 1 is 1.56 bits per heavy atom. The Kier molecular flexibility index (Phi) is 4.76. The summed E-state index contributed by atoms with van der Waals surface area (Å²) in [6.07, 6.45) is 4.01. The molecule has 0 atom stereocenters. The van der Waals surface area contributed by atoms with E-state index < -0.39 is 0 Å². The largest absolute Gasteiger partial charge is 0.469 e. The van der Waals surface area contributed by atoms with Crippen LogP contribution in [0.5, 0.6) is 0 Å². The van der Waals surface area contributed by atoms with Crippen LogP contribution in [0, 0.1) is 6.92 Å². The third-order valence-corrected chi connectivity index (χ3v) is 2.53. The van der Waals surface area contributed by atoms with Gasteiger partial charge in [-0.1, -0.05) is 0 Å². The number of aryl methyl sites for hydroxylation is 1. The fourth-order valence-electron chi connectivity index (χ4n) is 1.60. The first-order valence-electron chi connectivity index (χ1n) is 5.41. The van der Waals surface area contributed by atoms with Crippen LogP contribution in [0.25, 0.3) is 0 Å². The summed E-state index contributed by atoms with van der Waals surface area (Å²) in [4.78, 5) is 17.3. The second-order valence-corrected chi connectivity index (χ2v) is 3.57. The van der Waals surface area contributed by atoms with Crippen LogP contribution < -0.4 is 4.90 Å². The lowest BCUT2D eigenvalue weighted by Crippen LogP contribution is -2.26. The monoisotopic (exact) mass is 222 g/mol. The Bertz CT molecular complexity index is 353. The standard InChI is InChI=1S/C12H18N2O2/c1-4-14(8-6-12(15)16-3)11-5-7-13-9-10(11)2/h5,7,9H,4,6,8H2,1-3H3. The van der Waals surface area contributed by atoms with Crippen LogP contribution in [0.3, 0.4) is 0 Å². The summed E-state index contributed by atoms with van der Waals surface area (Å²) in [5.41, 5.74) is 2.25. The van der Waals surface area contributed by atoms with Crippen LogP contribution in [0.15, 0.2) is 18.5 Å². The van der Waals surface area contributed by atoms with E-state index in [1.165, 1.54) is 7.11 Å². The molecule has 0 spiro atoms. The van der Waals surface area contributed by atoms with Gasteiger partial charge in [0.05, 0.1) is 13.5 Å². The number of nitrogens with zero attached hydrogens (tertiary/aromatic N) is 2. The van der Waals surface area contributed by atoms with Gasteiger partial charge in [0.25, 0.3) is 0 Å². The molecule has 16 heavy (non-hydrogen) atoms. The molecule has 0 saturated carbocycles. The zero-order valence-electron chi connectivity index (χ0n) is 10.1. The van der Waals surface area contributed by atoms with E-state index in [9.17, 15) is 4.79 Å². The minimum absolute atomic E-state index is 0.176. The number of carbonyl (C=O) groups is 1. The van der Waals surface area contributed by atoms with Crippen molar-refractivity contribution in [1.29, 1.82) is 0 Å². The molecule has 0 radical (unpaired) electrons. The predicted molar refractivity (Wildman–Crippen MR) is 63.5 cm³/mol. The van der Waals surface area contributed by atoms with Crippen molar-refractivity contribution in [2.45, 2.75) is 20.3 Å². The van der Waals surface area contributed by atoms with E-state index in [1.54, 1.807) is 6.20 Å². The molecule has 4 heteroatoms. The molecule has 0 aliphatic carbocycles. The van der Waals surface area contributed by atoms with E-state index in [1.807, 2.05) is 19.2 Å². The van der Waals surface area contributed by atoms with Crippen molar-refractivity contribution < 1.29 is 9.53 Å². The van der Waals surface area contributed by atoms with Crippen molar-refractivity contribution in [3.05, 3.63) is 24.0 Å². The van der Waals surface area contributed by atoms with Crippen molar-refractivity contribution >= 4 is 11.7 Å². The number of carbonyl (C=O) groups excluding carboxylic acids is 1. The van der Waals surface area contributed by atoms with Gasteiger partial charge in [-0.3, -0.25) is 9.78 Å². The summed E-state index contributed by atoms with van der Waals surface area (Å²) >= 11 is 0. The average Bonchev–Trinajstić information content (AvgIpc) is 2.31. The van der Waals surface area contributed by atoms with Crippen molar-refractivity contribution in [1.82, 2.24) is 4.98 Å². The number of ether oxygens (including phenoxy) is 1. The molecule has 0 unspecified atom stereocenters. The first-order chi connectivity index (χ1) is 7.69. The number of hydrogen-bond acceptors (Lipinski definition) is 4. The molecule has 88 valence electrons. The van der Waals surface area contributed by atoms with E-state index >= 15 is 0 Å². The van der Waals surface area contributed by atoms with Gasteiger partial charge in [0.2, 0.25) is 0 Å². The molecule has 4 nitrogen and oxygen atoms in total. The Hall–Kier alpha value is -1.58. The lowest BCUT2D eigenvalue weighted by Gasteiger charge is -2.24. The van der Waals surface area contributed by atoms with Gasteiger partial charge in [0.15, 0.2) is 0 Å². The zero-order chi connectivity index (χ0) is 12.0. The normalized spacial score (nSPS) is 9.94. The van der Waals surface area contributed by atoms with Crippen LogP contribution >= 0.6 is 0 Å². The lowest BCUT2D eigenvalue weighted by molar-refractivity contribution is -0.140. The molecular formula is C12H18N2O2. The Labute approximate surface area is 96.2 Å². The zero-order valence-corrected chi connectivity index (χ0v) is 10.1. The molecule has 0 N–H and O–H groups in total. The van der Waals surface area contributed by atoms with Gasteiger partial charge < -0.3 is 9.64 Å². The number of aromatic nitrogens is 1. The van der Waals surface area contributed by atoms with Crippen LogP contribution in [-0.4, -0.2) is 31.2 Å². The second kappa shape index (κ2) is 6.10. The number of esters is 1. The number of methoxy groups -OCH3 is 1. The molecule has 0 amide bonds. The maximum atomic E-state index is 11.1. The van der Waals surface area contributed by atoms with Gasteiger partial charge in [0, 0.05) is 31.2 Å². The van der Waals surface area contributed by atoms with E-state index in [4.69, 9.17) is 0 Å². The maximum absolute atomic E-state index is 11.1. The molecule has 0 aliphatic rings. The topological polar surface area (TPSA) is 42.4 Å². The molecule has 1 heterocycles. The minimum atomic E-state index is -0.176. The van der Waals surface area contributed by atoms with Gasteiger partial charge in [-0.25, -0.2) is 0 Å². The predicted octanol–water partition coefficient (Wildman–Crippen LogP) is 1.78. The minimum Gasteiger partial charge on any atom is -0.469 e. The quantitative estimate of drug-likeness (QED) is 0.712. The van der Waals surface area contributed by atoms with Crippen molar-refractivity contribution in [3.63, 3.8) is 0 Å². The van der Waals surface area contributed by atoms with Crippen LogP contribution in [0.4, 0.5) is 5.69 Å². The van der Waals surface area contributed by atoms with E-state index in [0.717, 1.165) is 17.8 Å². The Morgan fingerprint density at radius 2 is 2.31 bits per heavy atom. The van der Waals surface area contributed by atoms with Crippen LogP contribution in [0.1, 0.15) is 18.9 Å². The van der Waals surface area contributed by atoms with E-state index in [-0.39, 0.29) is 5.97 Å². The molecule has 1 rings (SSSR count). The third kappa shape index (κ3) is 3.22. The number of hydrogen-bond donors (Lipinski definition) is 0. The summed E-state index contributed by atoms with van der Waals surface area (Å²) in [5.74, 6) is -0.176. The number of anilines is 1. The highest BCUT2D eigenvalue weighted by atomic mass is 16.5.